The van der Waals surface area contributed by atoms with Gasteiger partial charge in [0, 0.05) is 12.4 Å². The summed E-state index contributed by atoms with van der Waals surface area (Å²) in [7, 11) is 1.45. The molecule has 1 heterocycles. The maximum Gasteiger partial charge on any atom is 0.241 e. The van der Waals surface area contributed by atoms with Crippen molar-refractivity contribution in [3.63, 3.8) is 0 Å². The van der Waals surface area contributed by atoms with E-state index in [0.29, 0.717) is 0 Å². The minimum atomic E-state index is -0.800. The van der Waals surface area contributed by atoms with Crippen LogP contribution in [0.2, 0.25) is 5.04 Å². The highest BCUT2D eigenvalue weighted by molar-refractivity contribution is 6.73. The van der Waals surface area contributed by atoms with Crippen LogP contribution in [-0.2, 0) is 5.16 Å². The van der Waals surface area contributed by atoms with Crippen LogP contribution in [0.1, 0.15) is 43.0 Å². The number of nitrogens with zero attached hydrogens (tertiary/aromatic N) is 2. The third-order valence-corrected chi connectivity index (χ3v) is 9.61. The molecule has 0 atom stereocenters. The second-order valence-corrected chi connectivity index (χ2v) is 14.5. The van der Waals surface area contributed by atoms with Gasteiger partial charge in [-0.05, 0) is 27.3 Å². The molecule has 0 N–H and O–H groups in total. The summed E-state index contributed by atoms with van der Waals surface area (Å²) in [4.78, 5) is 4.96. The van der Waals surface area contributed by atoms with Crippen LogP contribution in [0.15, 0.2) is 134 Å². The molecule has 0 amide bonds. The number of rotatable bonds is 8. The zero-order valence-corrected chi connectivity index (χ0v) is 23.9. The van der Waals surface area contributed by atoms with Crippen molar-refractivity contribution in [3.8, 4) is 0 Å². The Hall–Kier alpha value is -3.89. The van der Waals surface area contributed by atoms with E-state index in [1.807, 2.05) is 6.20 Å². The average Bonchev–Trinajstić information content (AvgIpc) is 3.41. The van der Waals surface area contributed by atoms with Crippen LogP contribution in [-0.4, -0.2) is 26.4 Å². The molecule has 4 aromatic carbocycles. The van der Waals surface area contributed by atoms with Crippen LogP contribution in [0.25, 0.3) is 11.5 Å². The number of imidazole rings is 1. The summed E-state index contributed by atoms with van der Waals surface area (Å²) < 4.78 is 2.44. The summed E-state index contributed by atoms with van der Waals surface area (Å²) in [5.41, 5.74) is 7.06. The molecule has 0 saturated heterocycles. The van der Waals surface area contributed by atoms with Crippen LogP contribution in [0, 0.1) is 0 Å². The Morgan fingerprint density at radius 1 is 0.711 bits per heavy atom. The minimum Gasteiger partial charge on any atom is -0.332 e. The van der Waals surface area contributed by atoms with E-state index in [2.05, 4.69) is 166 Å². The maximum atomic E-state index is 4.96. The third kappa shape index (κ3) is 5.66. The standard InChI is InChI=1S/C34H34BN2Si/c1-33(2,3)38-34(29-20-12-6-13-21-29,30-22-14-7-15-23-30)37-25-24-36-32(37)35-31(28-18-10-5-11-19-28)26-27-16-8-4-9-17-27/h4-26H,38H2,1-3H3. The first kappa shape index (κ1) is 25.7. The summed E-state index contributed by atoms with van der Waals surface area (Å²) >= 11 is 0. The van der Waals surface area contributed by atoms with Gasteiger partial charge in [0.2, 0.25) is 7.28 Å². The van der Waals surface area contributed by atoms with Crippen molar-refractivity contribution in [3.05, 3.63) is 156 Å². The van der Waals surface area contributed by atoms with E-state index in [4.69, 9.17) is 4.98 Å². The van der Waals surface area contributed by atoms with Crippen LogP contribution in [0.4, 0.5) is 0 Å². The van der Waals surface area contributed by atoms with E-state index in [-0.39, 0.29) is 10.2 Å². The smallest absolute Gasteiger partial charge is 0.241 e. The van der Waals surface area contributed by atoms with E-state index in [9.17, 15) is 0 Å². The Morgan fingerprint density at radius 3 is 1.74 bits per heavy atom. The van der Waals surface area contributed by atoms with Crippen molar-refractivity contribution in [1.82, 2.24) is 9.55 Å². The van der Waals surface area contributed by atoms with Crippen LogP contribution in [0.3, 0.4) is 0 Å². The van der Waals surface area contributed by atoms with Gasteiger partial charge in [-0.25, -0.2) is 0 Å². The Morgan fingerprint density at radius 2 is 1.21 bits per heavy atom. The van der Waals surface area contributed by atoms with E-state index >= 15 is 0 Å². The SMILES string of the molecule is CC(C)(C)[SiH2]C(c1ccccc1)(c1ccccc1)n1ccnc1[B]C(=Cc1ccccc1)c1ccccc1. The Balaban J connectivity index is 1.71. The molecular formula is C34H34BN2Si. The van der Waals surface area contributed by atoms with Gasteiger partial charge in [-0.1, -0.05) is 154 Å². The van der Waals surface area contributed by atoms with Gasteiger partial charge in [-0.3, -0.25) is 4.98 Å². The van der Waals surface area contributed by atoms with Gasteiger partial charge < -0.3 is 4.57 Å². The van der Waals surface area contributed by atoms with Crippen molar-refractivity contribution in [1.29, 1.82) is 0 Å². The lowest BCUT2D eigenvalue weighted by molar-refractivity contribution is 0.576. The van der Waals surface area contributed by atoms with Crippen LogP contribution >= 0.6 is 0 Å². The van der Waals surface area contributed by atoms with Gasteiger partial charge in [-0.15, -0.1) is 0 Å². The summed E-state index contributed by atoms with van der Waals surface area (Å²) in [6, 6.07) is 43.1. The predicted octanol–water partition coefficient (Wildman–Crippen LogP) is 6.55. The first-order valence-corrected chi connectivity index (χ1v) is 14.7. The second-order valence-electron chi connectivity index (χ2n) is 11.0. The summed E-state index contributed by atoms with van der Waals surface area (Å²) in [6.07, 6.45) is 6.38. The summed E-state index contributed by atoms with van der Waals surface area (Å²) in [5, 5.41) is -0.104. The second kappa shape index (κ2) is 11.2. The van der Waals surface area contributed by atoms with Gasteiger partial charge in [-0.2, -0.15) is 0 Å². The molecule has 0 saturated carbocycles. The van der Waals surface area contributed by atoms with Crippen molar-refractivity contribution >= 4 is 34.1 Å². The molecule has 0 aliphatic carbocycles. The summed E-state index contributed by atoms with van der Waals surface area (Å²) in [5.74, 6) is 0. The predicted molar refractivity (Wildman–Crippen MR) is 166 cm³/mol. The van der Waals surface area contributed by atoms with Gasteiger partial charge in [0.1, 0.15) is 0 Å². The van der Waals surface area contributed by atoms with E-state index in [1.54, 1.807) is 0 Å². The molecule has 4 heteroatoms. The van der Waals surface area contributed by atoms with Crippen LogP contribution < -0.4 is 5.72 Å². The fourth-order valence-corrected chi connectivity index (χ4v) is 8.23. The Labute approximate surface area is 230 Å². The minimum absolute atomic E-state index is 0.190. The zero-order chi connectivity index (χ0) is 26.4. The molecule has 0 spiro atoms. The van der Waals surface area contributed by atoms with Gasteiger partial charge in [0.15, 0.2) is 0 Å². The topological polar surface area (TPSA) is 17.8 Å². The molecule has 5 rings (SSSR count). The first-order chi connectivity index (χ1) is 18.5. The number of benzene rings is 4. The molecule has 1 radical (unpaired) electrons. The molecule has 0 aliphatic rings. The summed E-state index contributed by atoms with van der Waals surface area (Å²) in [6.45, 7) is 7.14. The van der Waals surface area contributed by atoms with Gasteiger partial charge >= 0.3 is 0 Å². The molecule has 1 aromatic heterocycles. The van der Waals surface area contributed by atoms with Crippen molar-refractivity contribution < 1.29 is 0 Å². The molecule has 0 fully saturated rings. The lowest BCUT2D eigenvalue weighted by Crippen LogP contribution is -2.50. The highest BCUT2D eigenvalue weighted by Gasteiger charge is 2.41. The van der Waals surface area contributed by atoms with E-state index in [0.717, 1.165) is 11.2 Å². The molecule has 187 valence electrons. The average molecular weight is 510 g/mol. The molecule has 0 bridgehead atoms. The van der Waals surface area contributed by atoms with Crippen LogP contribution in [0.5, 0.6) is 0 Å². The zero-order valence-electron chi connectivity index (χ0n) is 22.5. The first-order valence-electron chi connectivity index (χ1n) is 13.3. The largest absolute Gasteiger partial charge is 0.332 e. The fourth-order valence-electron chi connectivity index (χ4n) is 5.38. The van der Waals surface area contributed by atoms with E-state index < -0.39 is 9.52 Å². The monoisotopic (exact) mass is 509 g/mol. The number of hydrogen-bond acceptors (Lipinski definition) is 1. The molecule has 0 unspecified atom stereocenters. The molecule has 0 aliphatic heterocycles. The normalized spacial score (nSPS) is 12.7. The Kier molecular flexibility index (Phi) is 7.62. The third-order valence-electron chi connectivity index (χ3n) is 6.88. The molecule has 5 aromatic rings. The number of aromatic nitrogens is 2. The van der Waals surface area contributed by atoms with Crippen molar-refractivity contribution in [2.24, 2.45) is 0 Å². The lowest BCUT2D eigenvalue weighted by atomic mass is 9.65. The van der Waals surface area contributed by atoms with Crippen molar-refractivity contribution in [2.45, 2.75) is 31.0 Å². The molecular weight excluding hydrogens is 475 g/mol. The van der Waals surface area contributed by atoms with Crippen molar-refractivity contribution in [2.75, 3.05) is 0 Å². The highest BCUT2D eigenvalue weighted by atomic mass is 28.2. The fraction of sp³-hybridized carbons (Fsp3) is 0.147. The quantitative estimate of drug-likeness (QED) is 0.171. The lowest BCUT2D eigenvalue weighted by Gasteiger charge is -2.42. The number of hydrogen-bond donors (Lipinski definition) is 0. The van der Waals surface area contributed by atoms with Gasteiger partial charge in [0.05, 0.1) is 20.4 Å². The highest BCUT2D eigenvalue weighted by Crippen LogP contribution is 2.39. The van der Waals surface area contributed by atoms with E-state index in [1.165, 1.54) is 22.3 Å². The molecule has 38 heavy (non-hydrogen) atoms. The molecule has 2 nitrogen and oxygen atoms in total. The van der Waals surface area contributed by atoms with Gasteiger partial charge in [0.25, 0.3) is 0 Å². The Bertz CT molecular complexity index is 1430. The maximum absolute atomic E-state index is 4.96.